The first-order valence-electron chi connectivity index (χ1n) is 23.1. The van der Waals surface area contributed by atoms with Crippen molar-refractivity contribution in [3.05, 3.63) is 252 Å². The summed E-state index contributed by atoms with van der Waals surface area (Å²) in [5.41, 5.74) is 18.8. The average molecular weight is 855 g/mol. The fraction of sp³-hybridized carbons (Fsp3) is 0.125. The zero-order valence-electron chi connectivity index (χ0n) is 39.3. The van der Waals surface area contributed by atoms with Gasteiger partial charge in [-0.2, -0.15) is 0 Å². The molecular weight excluding hydrogens is 797 g/mol. The Morgan fingerprint density at radius 2 is 1.12 bits per heavy atom. The van der Waals surface area contributed by atoms with Crippen LogP contribution < -0.4 is 4.90 Å². The maximum absolute atomic E-state index is 2.41. The number of hydrogen-bond acceptors (Lipinski definition) is 1. The highest BCUT2D eigenvalue weighted by Gasteiger charge is 2.35. The van der Waals surface area contributed by atoms with E-state index < -0.39 is 0 Å². The van der Waals surface area contributed by atoms with E-state index in [1.165, 1.54) is 94.0 Å². The Kier molecular flexibility index (Phi) is 12.4. The van der Waals surface area contributed by atoms with E-state index in [4.69, 9.17) is 0 Å². The van der Waals surface area contributed by atoms with E-state index in [1.54, 1.807) is 0 Å². The maximum Gasteiger partial charge on any atom is 0.0538 e. The van der Waals surface area contributed by atoms with Gasteiger partial charge in [-0.15, -0.1) is 0 Å². The molecule has 0 amide bonds. The second-order valence-corrected chi connectivity index (χ2v) is 18.0. The van der Waals surface area contributed by atoms with Crippen molar-refractivity contribution >= 4 is 55.3 Å². The Bertz CT molecular complexity index is 3380. The lowest BCUT2D eigenvalue weighted by Crippen LogP contribution is -2.16. The second kappa shape index (κ2) is 18.8. The first-order valence-corrected chi connectivity index (χ1v) is 23.1. The van der Waals surface area contributed by atoms with E-state index in [0.29, 0.717) is 0 Å². The fourth-order valence-electron chi connectivity index (χ4n) is 9.68. The lowest BCUT2D eigenvalue weighted by atomic mass is 9.82. The Morgan fingerprint density at radius 1 is 0.470 bits per heavy atom. The lowest BCUT2D eigenvalue weighted by Gasteiger charge is -2.28. The third-order valence-corrected chi connectivity index (χ3v) is 13.0. The van der Waals surface area contributed by atoms with Crippen molar-refractivity contribution in [1.29, 1.82) is 0 Å². The molecule has 0 atom stereocenters. The van der Waals surface area contributed by atoms with E-state index in [1.807, 2.05) is 18.2 Å². The van der Waals surface area contributed by atoms with Crippen molar-refractivity contribution in [1.82, 2.24) is 4.57 Å². The molecule has 0 fully saturated rings. The lowest BCUT2D eigenvalue weighted by molar-refractivity contribution is 0.660. The Hall–Kier alpha value is -7.68. The monoisotopic (exact) mass is 854 g/mol. The van der Waals surface area contributed by atoms with Gasteiger partial charge in [0, 0.05) is 38.9 Å². The van der Waals surface area contributed by atoms with Gasteiger partial charge < -0.3 is 9.47 Å². The summed E-state index contributed by atoms with van der Waals surface area (Å²) in [6.45, 7) is 15.4. The first-order chi connectivity index (χ1) is 32.1. The molecule has 9 aromatic carbocycles. The van der Waals surface area contributed by atoms with Crippen molar-refractivity contribution in [2.45, 2.75) is 53.9 Å². The van der Waals surface area contributed by atoms with Gasteiger partial charge in [0.15, 0.2) is 0 Å². The Labute approximate surface area is 391 Å². The van der Waals surface area contributed by atoms with Gasteiger partial charge in [0.1, 0.15) is 0 Å². The third-order valence-electron chi connectivity index (χ3n) is 13.0. The molecule has 2 heteroatoms. The SMILES string of the molecule is C/C=C\C=C(/C)n1c2ccccc2c2cc(-c3cc(C)cc(N(c4ccccc4)c4ccc5c(c4)C(C)(C)c4ccccc4-5)c3)ccc21.Cc1cccc2ccccc12.Cc1ccccc1. The number of nitrogens with zero attached hydrogens (tertiary/aromatic N) is 2. The molecule has 0 bridgehead atoms. The minimum atomic E-state index is -0.0724. The van der Waals surface area contributed by atoms with Crippen LogP contribution in [0.15, 0.2) is 224 Å². The molecule has 1 aromatic heterocycles. The number of benzene rings is 9. The largest absolute Gasteiger partial charge is 0.313 e. The predicted octanol–water partition coefficient (Wildman–Crippen LogP) is 18.1. The summed E-state index contributed by atoms with van der Waals surface area (Å²) in [5, 5.41) is 5.21. The normalized spacial score (nSPS) is 12.6. The molecule has 66 heavy (non-hydrogen) atoms. The summed E-state index contributed by atoms with van der Waals surface area (Å²) < 4.78 is 2.38. The molecule has 11 rings (SSSR count). The van der Waals surface area contributed by atoms with Crippen molar-refractivity contribution in [2.75, 3.05) is 4.90 Å². The highest BCUT2D eigenvalue weighted by Crippen LogP contribution is 2.51. The predicted molar refractivity (Wildman–Crippen MR) is 286 cm³/mol. The summed E-state index contributed by atoms with van der Waals surface area (Å²) in [4.78, 5) is 2.41. The van der Waals surface area contributed by atoms with Crippen molar-refractivity contribution in [2.24, 2.45) is 0 Å². The standard InChI is InChI=1S/C46H40N2.C11H10.C7H8/c1-6-7-15-32(3)47-44-21-14-12-19-40(44)41-29-33(22-25-45(41)47)34-26-31(2)27-37(28-34)48(35-16-9-8-10-17-35)36-23-24-39-38-18-11-13-20-42(38)46(4,5)43(39)30-36;1-9-5-4-7-10-6-2-3-8-11(9)10;1-7-5-3-2-4-6-7/h6-30H,1-5H3;2-8H,1H3;2-6H,1H3/b7-6-,32-15+;;. The third kappa shape index (κ3) is 8.63. The summed E-state index contributed by atoms with van der Waals surface area (Å²) in [5.74, 6) is 0. The molecule has 0 saturated carbocycles. The number of hydrogen-bond donors (Lipinski definition) is 0. The minimum absolute atomic E-state index is 0.0724. The summed E-state index contributed by atoms with van der Waals surface area (Å²) in [6.07, 6.45) is 6.37. The second-order valence-electron chi connectivity index (χ2n) is 18.0. The highest BCUT2D eigenvalue weighted by molar-refractivity contribution is 6.11. The van der Waals surface area contributed by atoms with Crippen LogP contribution in [0.1, 0.15) is 55.5 Å². The quantitative estimate of drug-likeness (QED) is 0.151. The first kappa shape index (κ1) is 43.6. The molecule has 0 spiro atoms. The zero-order chi connectivity index (χ0) is 45.8. The summed E-state index contributed by atoms with van der Waals surface area (Å²) >= 11 is 0. The maximum atomic E-state index is 2.41. The van der Waals surface area contributed by atoms with E-state index in [2.05, 4.69) is 264 Å². The van der Waals surface area contributed by atoms with Crippen LogP contribution in [-0.2, 0) is 5.41 Å². The van der Waals surface area contributed by atoms with Crippen LogP contribution in [0.2, 0.25) is 0 Å². The minimum Gasteiger partial charge on any atom is -0.313 e. The Morgan fingerprint density at radius 3 is 1.86 bits per heavy atom. The molecule has 0 aliphatic heterocycles. The molecule has 1 heterocycles. The number of anilines is 3. The molecular formula is C64H58N2. The average Bonchev–Trinajstić information content (AvgIpc) is 3.79. The van der Waals surface area contributed by atoms with Crippen LogP contribution in [0.5, 0.6) is 0 Å². The van der Waals surface area contributed by atoms with Crippen LogP contribution in [-0.4, -0.2) is 4.57 Å². The zero-order valence-corrected chi connectivity index (χ0v) is 39.3. The van der Waals surface area contributed by atoms with E-state index >= 15 is 0 Å². The van der Waals surface area contributed by atoms with Gasteiger partial charge in [0.05, 0.1) is 11.0 Å². The van der Waals surface area contributed by atoms with Gasteiger partial charge in [0.25, 0.3) is 0 Å². The smallest absolute Gasteiger partial charge is 0.0538 e. The van der Waals surface area contributed by atoms with Crippen LogP contribution in [0, 0.1) is 20.8 Å². The van der Waals surface area contributed by atoms with Gasteiger partial charge in [-0.1, -0.05) is 183 Å². The molecule has 0 unspecified atom stereocenters. The summed E-state index contributed by atoms with van der Waals surface area (Å²) in [7, 11) is 0. The number of fused-ring (bicyclic) bond motifs is 7. The summed E-state index contributed by atoms with van der Waals surface area (Å²) in [6, 6.07) is 74.4. The fourth-order valence-corrected chi connectivity index (χ4v) is 9.68. The van der Waals surface area contributed by atoms with Crippen molar-refractivity contribution < 1.29 is 0 Å². The molecule has 1 aliphatic carbocycles. The van der Waals surface area contributed by atoms with Gasteiger partial charge in [-0.05, 0) is 151 Å². The highest BCUT2D eigenvalue weighted by atomic mass is 15.1. The van der Waals surface area contributed by atoms with Gasteiger partial charge in [0.2, 0.25) is 0 Å². The molecule has 1 aliphatic rings. The van der Waals surface area contributed by atoms with Crippen LogP contribution in [0.4, 0.5) is 17.1 Å². The molecule has 10 aromatic rings. The Balaban J connectivity index is 0.000000251. The van der Waals surface area contributed by atoms with E-state index in [0.717, 1.165) is 11.4 Å². The number of para-hydroxylation sites is 2. The van der Waals surface area contributed by atoms with E-state index in [-0.39, 0.29) is 5.41 Å². The van der Waals surface area contributed by atoms with E-state index in [9.17, 15) is 0 Å². The van der Waals surface area contributed by atoms with Crippen LogP contribution in [0.3, 0.4) is 0 Å². The molecule has 0 N–H and O–H groups in total. The van der Waals surface area contributed by atoms with Crippen LogP contribution >= 0.6 is 0 Å². The molecule has 324 valence electrons. The van der Waals surface area contributed by atoms with Gasteiger partial charge in [-0.25, -0.2) is 0 Å². The van der Waals surface area contributed by atoms with Crippen LogP contribution in [0.25, 0.3) is 60.5 Å². The molecule has 2 nitrogen and oxygen atoms in total. The van der Waals surface area contributed by atoms with Gasteiger partial charge in [-0.3, -0.25) is 0 Å². The number of aryl methyl sites for hydroxylation is 3. The van der Waals surface area contributed by atoms with Gasteiger partial charge >= 0.3 is 0 Å². The molecule has 0 saturated heterocycles. The molecule has 0 radical (unpaired) electrons. The topological polar surface area (TPSA) is 8.17 Å². The number of allylic oxidation sites excluding steroid dienone is 4. The van der Waals surface area contributed by atoms with Crippen molar-refractivity contribution in [3.8, 4) is 22.3 Å². The number of aromatic nitrogens is 1. The number of rotatable bonds is 6. The van der Waals surface area contributed by atoms with Crippen molar-refractivity contribution in [3.63, 3.8) is 0 Å².